The molecule has 2 bridgehead atoms. The number of ketones is 1. The van der Waals surface area contributed by atoms with Gasteiger partial charge in [0.25, 0.3) is 0 Å². The Kier molecular flexibility index (Phi) is 3.94. The maximum absolute atomic E-state index is 13.2. The van der Waals surface area contributed by atoms with E-state index in [1.54, 1.807) is 0 Å². The normalized spacial score (nSPS) is 26.2. The molecule has 130 valence electrons. The van der Waals surface area contributed by atoms with Crippen molar-refractivity contribution in [2.24, 2.45) is 17.8 Å². The first-order valence-corrected chi connectivity index (χ1v) is 9.09. The van der Waals surface area contributed by atoms with Crippen molar-refractivity contribution in [2.75, 3.05) is 0 Å². The van der Waals surface area contributed by atoms with E-state index >= 15 is 0 Å². The summed E-state index contributed by atoms with van der Waals surface area (Å²) in [5.41, 5.74) is 2.26. The average molecular weight is 326 g/mol. The lowest BCUT2D eigenvalue weighted by Gasteiger charge is -2.28. The number of aromatic hydroxyl groups is 1. The summed E-state index contributed by atoms with van der Waals surface area (Å²) in [6, 6.07) is 4.01. The van der Waals surface area contributed by atoms with E-state index < -0.39 is 0 Å². The molecule has 24 heavy (non-hydrogen) atoms. The Morgan fingerprint density at radius 1 is 1.00 bits per heavy atom. The van der Waals surface area contributed by atoms with Gasteiger partial charge in [0.05, 0.1) is 5.56 Å². The molecule has 3 unspecified atom stereocenters. The third-order valence-electron chi connectivity index (χ3n) is 5.67. The lowest BCUT2D eigenvalue weighted by atomic mass is 9.76. The molecule has 0 saturated heterocycles. The quantitative estimate of drug-likeness (QED) is 0.585. The highest BCUT2D eigenvalue weighted by atomic mass is 16.3. The number of benzene rings is 1. The molecular weight excluding hydrogens is 296 g/mol. The molecule has 2 aliphatic rings. The van der Waals surface area contributed by atoms with Gasteiger partial charge in [-0.2, -0.15) is 0 Å². The molecule has 0 heterocycles. The first kappa shape index (κ1) is 17.3. The van der Waals surface area contributed by atoms with Crippen LogP contribution in [0.1, 0.15) is 75.9 Å². The van der Waals surface area contributed by atoms with Gasteiger partial charge in [0.15, 0.2) is 5.78 Å². The highest BCUT2D eigenvalue weighted by Crippen LogP contribution is 2.46. The van der Waals surface area contributed by atoms with Gasteiger partial charge in [-0.1, -0.05) is 59.8 Å². The standard InChI is InChI=1S/C22H30O2/c1-21(2,3)15-11-17(20(24)18(12-15)22(4,5)6)19(23)16-10-13-7-8-14(16)9-13/h7-8,11-14,16,24H,9-10H2,1-6H3. The maximum atomic E-state index is 13.2. The molecule has 3 rings (SSSR count). The van der Waals surface area contributed by atoms with Crippen molar-refractivity contribution in [2.45, 2.75) is 65.2 Å². The summed E-state index contributed by atoms with van der Waals surface area (Å²) >= 11 is 0. The van der Waals surface area contributed by atoms with Crippen molar-refractivity contribution >= 4 is 5.78 Å². The van der Waals surface area contributed by atoms with Crippen LogP contribution in [0, 0.1) is 17.8 Å². The molecule has 2 nitrogen and oxygen atoms in total. The van der Waals surface area contributed by atoms with Crippen LogP contribution in [0.15, 0.2) is 24.3 Å². The van der Waals surface area contributed by atoms with Gasteiger partial charge < -0.3 is 5.11 Å². The van der Waals surface area contributed by atoms with Gasteiger partial charge in [-0.25, -0.2) is 0 Å². The van der Waals surface area contributed by atoms with Crippen LogP contribution >= 0.6 is 0 Å². The molecule has 1 aromatic carbocycles. The van der Waals surface area contributed by atoms with Crippen molar-refractivity contribution in [3.8, 4) is 5.75 Å². The van der Waals surface area contributed by atoms with Crippen LogP contribution in [0.3, 0.4) is 0 Å². The SMILES string of the molecule is CC(C)(C)c1cc(C(=O)C2CC3C=CC2C3)c(O)c(C(C)(C)C)c1. The monoisotopic (exact) mass is 326 g/mol. The second kappa shape index (κ2) is 5.47. The molecule has 0 aliphatic heterocycles. The van der Waals surface area contributed by atoms with Gasteiger partial charge in [0.2, 0.25) is 0 Å². The molecule has 2 heteroatoms. The topological polar surface area (TPSA) is 37.3 Å². The van der Waals surface area contributed by atoms with E-state index in [0.717, 1.165) is 24.0 Å². The molecule has 1 saturated carbocycles. The van der Waals surface area contributed by atoms with E-state index in [2.05, 4.69) is 59.8 Å². The fourth-order valence-electron chi connectivity index (χ4n) is 4.11. The van der Waals surface area contributed by atoms with Gasteiger partial charge in [-0.15, -0.1) is 0 Å². The smallest absolute Gasteiger partial charge is 0.170 e. The van der Waals surface area contributed by atoms with Gasteiger partial charge in [0, 0.05) is 11.5 Å². The number of phenols is 1. The summed E-state index contributed by atoms with van der Waals surface area (Å²) in [6.45, 7) is 12.7. The summed E-state index contributed by atoms with van der Waals surface area (Å²) in [4.78, 5) is 13.2. The Hall–Kier alpha value is -1.57. The molecule has 2 aliphatic carbocycles. The van der Waals surface area contributed by atoms with Crippen molar-refractivity contribution in [1.29, 1.82) is 0 Å². The zero-order valence-electron chi connectivity index (χ0n) is 15.8. The lowest BCUT2D eigenvalue weighted by molar-refractivity contribution is 0.0898. The predicted octanol–water partition coefficient (Wildman–Crippen LogP) is 5.38. The van der Waals surface area contributed by atoms with Crippen LogP contribution < -0.4 is 0 Å². The second-order valence-electron chi connectivity index (χ2n) is 9.67. The van der Waals surface area contributed by atoms with Gasteiger partial charge in [0.1, 0.15) is 5.75 Å². The molecule has 0 amide bonds. The molecule has 0 spiro atoms. The first-order valence-electron chi connectivity index (χ1n) is 9.09. The van der Waals surface area contributed by atoms with Crippen molar-refractivity contribution < 1.29 is 9.90 Å². The number of hydrogen-bond donors (Lipinski definition) is 1. The Bertz CT molecular complexity index is 698. The van der Waals surface area contributed by atoms with Crippen molar-refractivity contribution in [1.82, 2.24) is 0 Å². The molecule has 1 N–H and O–H groups in total. The highest BCUT2D eigenvalue weighted by molar-refractivity contribution is 6.01. The van der Waals surface area contributed by atoms with Gasteiger partial charge in [-0.05, 0) is 47.1 Å². The molecular formula is C22H30O2. The minimum Gasteiger partial charge on any atom is -0.507 e. The number of hydrogen-bond acceptors (Lipinski definition) is 2. The second-order valence-corrected chi connectivity index (χ2v) is 9.67. The zero-order chi connectivity index (χ0) is 17.9. The predicted molar refractivity (Wildman–Crippen MR) is 98.7 cm³/mol. The Labute approximate surface area is 146 Å². The van der Waals surface area contributed by atoms with Crippen LogP contribution in [-0.4, -0.2) is 10.9 Å². The fraction of sp³-hybridized carbons (Fsp3) is 0.591. The van der Waals surface area contributed by atoms with Crippen LogP contribution in [0.5, 0.6) is 5.75 Å². The summed E-state index contributed by atoms with van der Waals surface area (Å²) in [7, 11) is 0. The van der Waals surface area contributed by atoms with E-state index in [0.29, 0.717) is 17.4 Å². The van der Waals surface area contributed by atoms with Crippen LogP contribution in [-0.2, 0) is 10.8 Å². The zero-order valence-corrected chi connectivity index (χ0v) is 15.8. The molecule has 0 radical (unpaired) electrons. The Balaban J connectivity index is 2.09. The third-order valence-corrected chi connectivity index (χ3v) is 5.67. The number of carbonyl (C=O) groups excluding carboxylic acids is 1. The third kappa shape index (κ3) is 2.92. The number of Topliss-reactive ketones (excluding diaryl/α,β-unsaturated/α-hetero) is 1. The Morgan fingerprint density at radius 3 is 2.12 bits per heavy atom. The molecule has 0 aromatic heterocycles. The minimum atomic E-state index is -0.199. The van der Waals surface area contributed by atoms with Gasteiger partial charge >= 0.3 is 0 Å². The lowest BCUT2D eigenvalue weighted by Crippen LogP contribution is -2.23. The van der Waals surface area contributed by atoms with Gasteiger partial charge in [-0.3, -0.25) is 4.79 Å². The maximum Gasteiger partial charge on any atom is 0.170 e. The largest absolute Gasteiger partial charge is 0.507 e. The summed E-state index contributed by atoms with van der Waals surface area (Å²) in [5.74, 6) is 1.26. The number of allylic oxidation sites excluding steroid dienone is 2. The number of fused-ring (bicyclic) bond motifs is 2. The summed E-state index contributed by atoms with van der Waals surface area (Å²) in [6.07, 6.45) is 6.48. The van der Waals surface area contributed by atoms with E-state index in [1.807, 2.05) is 6.07 Å². The van der Waals surface area contributed by atoms with Crippen LogP contribution in [0.4, 0.5) is 0 Å². The fourth-order valence-corrected chi connectivity index (χ4v) is 4.11. The molecule has 3 atom stereocenters. The van der Waals surface area contributed by atoms with E-state index in [9.17, 15) is 9.90 Å². The van der Waals surface area contributed by atoms with Crippen molar-refractivity contribution in [3.05, 3.63) is 41.0 Å². The molecule has 1 aromatic rings. The Morgan fingerprint density at radius 2 is 1.67 bits per heavy atom. The van der Waals surface area contributed by atoms with Crippen LogP contribution in [0.25, 0.3) is 0 Å². The van der Waals surface area contributed by atoms with Crippen molar-refractivity contribution in [3.63, 3.8) is 0 Å². The number of phenolic OH excluding ortho intramolecular Hbond substituents is 1. The van der Waals surface area contributed by atoms with E-state index in [1.165, 1.54) is 0 Å². The van der Waals surface area contributed by atoms with E-state index in [-0.39, 0.29) is 28.3 Å². The summed E-state index contributed by atoms with van der Waals surface area (Å²) in [5, 5.41) is 10.9. The molecule has 1 fully saturated rings. The number of rotatable bonds is 2. The highest BCUT2D eigenvalue weighted by Gasteiger charge is 2.41. The van der Waals surface area contributed by atoms with E-state index in [4.69, 9.17) is 0 Å². The summed E-state index contributed by atoms with van der Waals surface area (Å²) < 4.78 is 0. The average Bonchev–Trinajstić information content (AvgIpc) is 3.06. The number of carbonyl (C=O) groups is 1. The first-order chi connectivity index (χ1) is 11.0. The minimum absolute atomic E-state index is 0.0361. The van der Waals surface area contributed by atoms with Crippen LogP contribution in [0.2, 0.25) is 0 Å².